The van der Waals surface area contributed by atoms with E-state index in [2.05, 4.69) is 39.8 Å². The molecule has 1 fully saturated rings. The van der Waals surface area contributed by atoms with Crippen LogP contribution in [0.2, 0.25) is 0 Å². The fourth-order valence-electron chi connectivity index (χ4n) is 3.76. The molecule has 1 saturated carbocycles. The number of hydrogen-bond donors (Lipinski definition) is 2. The van der Waals surface area contributed by atoms with Crippen LogP contribution in [-0.2, 0) is 20.1 Å². The fraction of sp³-hybridized carbons (Fsp3) is 0.545. The number of hydrogen-bond acceptors (Lipinski definition) is 4. The van der Waals surface area contributed by atoms with Gasteiger partial charge in [-0.3, -0.25) is 9.67 Å². The minimum Gasteiger partial charge on any atom is -0.493 e. The predicted octanol–water partition coefficient (Wildman–Crippen LogP) is 3.85. The molecule has 0 unspecified atom stereocenters. The van der Waals surface area contributed by atoms with E-state index in [4.69, 9.17) is 9.47 Å². The van der Waals surface area contributed by atoms with Crippen LogP contribution in [0.1, 0.15) is 48.2 Å². The average Bonchev–Trinajstić information content (AvgIpc) is 3.31. The molecule has 0 bridgehead atoms. The van der Waals surface area contributed by atoms with Gasteiger partial charge in [-0.25, -0.2) is 0 Å². The van der Waals surface area contributed by atoms with Crippen molar-refractivity contribution in [3.63, 3.8) is 0 Å². The molecule has 0 saturated heterocycles. The van der Waals surface area contributed by atoms with Crippen molar-refractivity contribution in [1.29, 1.82) is 0 Å². The normalized spacial score (nSPS) is 14.4. The topological polar surface area (TPSA) is 72.7 Å². The highest BCUT2D eigenvalue weighted by molar-refractivity contribution is 14.0. The van der Waals surface area contributed by atoms with Gasteiger partial charge in [0.25, 0.3) is 0 Å². The molecule has 0 spiro atoms. The molecule has 30 heavy (non-hydrogen) atoms. The average molecular weight is 527 g/mol. The first-order valence-corrected chi connectivity index (χ1v) is 10.3. The summed E-state index contributed by atoms with van der Waals surface area (Å²) in [5, 5.41) is 11.2. The molecule has 0 radical (unpaired) electrons. The van der Waals surface area contributed by atoms with E-state index in [9.17, 15) is 0 Å². The molecule has 1 aromatic heterocycles. The van der Waals surface area contributed by atoms with Gasteiger partial charge in [-0.15, -0.1) is 24.0 Å². The van der Waals surface area contributed by atoms with E-state index in [0.29, 0.717) is 19.2 Å². The van der Waals surface area contributed by atoms with E-state index < -0.39 is 0 Å². The van der Waals surface area contributed by atoms with Crippen LogP contribution in [0.3, 0.4) is 0 Å². The van der Waals surface area contributed by atoms with E-state index in [1.54, 1.807) is 14.2 Å². The quantitative estimate of drug-likeness (QED) is 0.325. The molecule has 2 aromatic rings. The Bertz CT molecular complexity index is 859. The highest BCUT2D eigenvalue weighted by Gasteiger charge is 2.18. The van der Waals surface area contributed by atoms with Crippen LogP contribution in [0, 0.1) is 13.8 Å². The molecule has 7 nitrogen and oxygen atoms in total. The number of halogens is 1. The Morgan fingerprint density at radius 2 is 1.87 bits per heavy atom. The molecule has 8 heteroatoms. The highest BCUT2D eigenvalue weighted by Crippen LogP contribution is 2.32. The van der Waals surface area contributed by atoms with Crippen LogP contribution in [0.15, 0.2) is 23.2 Å². The van der Waals surface area contributed by atoms with Crippen molar-refractivity contribution in [2.45, 2.75) is 58.7 Å². The first-order valence-electron chi connectivity index (χ1n) is 10.3. The molecule has 166 valence electrons. The van der Waals surface area contributed by atoms with Crippen LogP contribution in [0.25, 0.3) is 0 Å². The summed E-state index contributed by atoms with van der Waals surface area (Å²) in [4.78, 5) is 4.33. The molecule has 2 N–H and O–H groups in total. The van der Waals surface area contributed by atoms with E-state index >= 15 is 0 Å². The van der Waals surface area contributed by atoms with Gasteiger partial charge >= 0.3 is 0 Å². The van der Waals surface area contributed by atoms with Gasteiger partial charge < -0.3 is 20.1 Å². The van der Waals surface area contributed by atoms with Gasteiger partial charge in [0.1, 0.15) is 0 Å². The first-order chi connectivity index (χ1) is 14.0. The summed E-state index contributed by atoms with van der Waals surface area (Å²) < 4.78 is 13.6. The minimum absolute atomic E-state index is 0. The van der Waals surface area contributed by atoms with Gasteiger partial charge in [0.2, 0.25) is 0 Å². The second kappa shape index (κ2) is 11.4. The Labute approximate surface area is 196 Å². The molecule has 1 heterocycles. The minimum atomic E-state index is 0. The van der Waals surface area contributed by atoms with E-state index in [-0.39, 0.29) is 24.0 Å². The van der Waals surface area contributed by atoms with Crippen LogP contribution < -0.4 is 20.1 Å². The zero-order chi connectivity index (χ0) is 20.8. The van der Waals surface area contributed by atoms with Gasteiger partial charge in [0.15, 0.2) is 17.5 Å². The summed E-state index contributed by atoms with van der Waals surface area (Å²) in [6, 6.07) is 6.09. The summed E-state index contributed by atoms with van der Waals surface area (Å²) in [5.41, 5.74) is 4.52. The maximum Gasteiger partial charge on any atom is 0.191 e. The second-order valence-electron chi connectivity index (χ2n) is 7.56. The van der Waals surface area contributed by atoms with Crippen molar-refractivity contribution in [2.75, 3.05) is 14.2 Å². The molecule has 0 amide bonds. The SMILES string of the molecule is CN=C(NCc1ccc(OC)c(OC2CCCC2)c1)NCc1c(C)nn(C)c1C.I. The number of guanidine groups is 1. The standard InChI is InChI=1S/C22H33N5O2.HI/c1-15-19(16(2)27(4)26-15)14-25-22(23-3)24-13-17-10-11-20(28-5)21(12-17)29-18-8-6-7-9-18;/h10-12,18H,6-9,13-14H2,1-5H3,(H2,23,24,25);1H. The van der Waals surface area contributed by atoms with Crippen LogP contribution in [0.5, 0.6) is 11.5 Å². The Morgan fingerprint density at radius 3 is 2.47 bits per heavy atom. The van der Waals surface area contributed by atoms with E-state index in [0.717, 1.165) is 47.3 Å². The maximum absolute atomic E-state index is 6.20. The number of ether oxygens (including phenoxy) is 2. The zero-order valence-electron chi connectivity index (χ0n) is 18.6. The number of aliphatic imine (C=N–C) groups is 1. The predicted molar refractivity (Wildman–Crippen MR) is 131 cm³/mol. The third-order valence-electron chi connectivity index (χ3n) is 5.60. The number of rotatable bonds is 7. The monoisotopic (exact) mass is 527 g/mol. The molecule has 1 aliphatic rings. The van der Waals surface area contributed by atoms with Crippen molar-refractivity contribution in [2.24, 2.45) is 12.0 Å². The van der Waals surface area contributed by atoms with Gasteiger partial charge in [0.05, 0.1) is 18.9 Å². The molecular formula is C22H34IN5O2. The summed E-state index contributed by atoms with van der Waals surface area (Å²) >= 11 is 0. The third-order valence-corrected chi connectivity index (χ3v) is 5.60. The number of aromatic nitrogens is 2. The maximum atomic E-state index is 6.20. The number of aryl methyl sites for hydroxylation is 2. The lowest BCUT2D eigenvalue weighted by molar-refractivity contribution is 0.200. The van der Waals surface area contributed by atoms with Crippen LogP contribution in [0.4, 0.5) is 0 Å². The van der Waals surface area contributed by atoms with Crippen molar-refractivity contribution in [3.05, 3.63) is 40.7 Å². The smallest absolute Gasteiger partial charge is 0.191 e. The molecular weight excluding hydrogens is 493 g/mol. The lowest BCUT2D eigenvalue weighted by Gasteiger charge is -2.17. The third kappa shape index (κ3) is 6.02. The van der Waals surface area contributed by atoms with Crippen molar-refractivity contribution >= 4 is 29.9 Å². The van der Waals surface area contributed by atoms with Crippen molar-refractivity contribution in [1.82, 2.24) is 20.4 Å². The summed E-state index contributed by atoms with van der Waals surface area (Å²) in [6.45, 7) is 5.44. The van der Waals surface area contributed by atoms with Gasteiger partial charge in [0, 0.05) is 38.4 Å². The lowest BCUT2D eigenvalue weighted by atomic mass is 10.2. The van der Waals surface area contributed by atoms with Gasteiger partial charge in [-0.2, -0.15) is 5.10 Å². The Kier molecular flexibility index (Phi) is 9.26. The molecule has 1 aliphatic carbocycles. The van der Waals surface area contributed by atoms with E-state index in [1.165, 1.54) is 18.4 Å². The zero-order valence-corrected chi connectivity index (χ0v) is 20.9. The van der Waals surface area contributed by atoms with Gasteiger partial charge in [-0.1, -0.05) is 6.07 Å². The summed E-state index contributed by atoms with van der Waals surface area (Å²) in [7, 11) is 5.43. The fourth-order valence-corrected chi connectivity index (χ4v) is 3.76. The van der Waals surface area contributed by atoms with E-state index in [1.807, 2.05) is 24.7 Å². The molecule has 3 rings (SSSR count). The first kappa shape index (κ1) is 24.3. The largest absolute Gasteiger partial charge is 0.493 e. The number of nitrogens with one attached hydrogen (secondary N) is 2. The Morgan fingerprint density at radius 1 is 1.17 bits per heavy atom. The highest BCUT2D eigenvalue weighted by atomic mass is 127. The molecule has 1 aromatic carbocycles. The summed E-state index contributed by atoms with van der Waals surface area (Å²) in [5.74, 6) is 2.36. The van der Waals surface area contributed by atoms with Crippen LogP contribution >= 0.6 is 24.0 Å². The number of methoxy groups -OCH3 is 1. The molecule has 0 atom stereocenters. The number of nitrogens with zero attached hydrogens (tertiary/aromatic N) is 3. The van der Waals surface area contributed by atoms with Gasteiger partial charge in [-0.05, 0) is 57.2 Å². The molecule has 0 aliphatic heterocycles. The Hall–Kier alpha value is -1.97. The Balaban J connectivity index is 0.00000320. The van der Waals surface area contributed by atoms with Crippen molar-refractivity contribution < 1.29 is 9.47 Å². The van der Waals surface area contributed by atoms with Crippen molar-refractivity contribution in [3.8, 4) is 11.5 Å². The van der Waals surface area contributed by atoms with Crippen LogP contribution in [-0.4, -0.2) is 36.0 Å². The lowest BCUT2D eigenvalue weighted by Crippen LogP contribution is -2.36. The second-order valence-corrected chi connectivity index (χ2v) is 7.56. The number of benzene rings is 1. The summed E-state index contributed by atoms with van der Waals surface area (Å²) in [6.07, 6.45) is 5.02.